The number of amides is 2. The summed E-state index contributed by atoms with van der Waals surface area (Å²) >= 11 is 1.46. The molecule has 0 radical (unpaired) electrons. The van der Waals surface area contributed by atoms with Gasteiger partial charge in [0.05, 0.1) is 5.75 Å². The molecule has 0 aliphatic rings. The van der Waals surface area contributed by atoms with E-state index in [1.165, 1.54) is 23.9 Å². The molecule has 0 spiro atoms. The SMILES string of the molecule is Cc1ccc(CN(C(=O)CSCc2ccc(F)cc2)C(C)C(=O)NCC(C)C)cc1. The lowest BCUT2D eigenvalue weighted by atomic mass is 10.1. The summed E-state index contributed by atoms with van der Waals surface area (Å²) in [6.07, 6.45) is 0. The van der Waals surface area contributed by atoms with Gasteiger partial charge in [-0.3, -0.25) is 9.59 Å². The first kappa shape index (κ1) is 23.9. The Morgan fingerprint density at radius 1 is 1.00 bits per heavy atom. The summed E-state index contributed by atoms with van der Waals surface area (Å²) in [7, 11) is 0. The maximum atomic E-state index is 13.0. The molecule has 2 aromatic rings. The number of carbonyl (C=O) groups excluding carboxylic acids is 2. The third kappa shape index (κ3) is 7.82. The quantitative estimate of drug-likeness (QED) is 0.601. The van der Waals surface area contributed by atoms with E-state index >= 15 is 0 Å². The molecule has 1 atom stereocenters. The van der Waals surface area contributed by atoms with Crippen molar-refractivity contribution in [2.75, 3.05) is 12.3 Å². The Bertz CT molecular complexity index is 822. The van der Waals surface area contributed by atoms with E-state index in [9.17, 15) is 14.0 Å². The van der Waals surface area contributed by atoms with Crippen LogP contribution in [0.5, 0.6) is 0 Å². The molecule has 1 N–H and O–H groups in total. The van der Waals surface area contributed by atoms with E-state index in [1.54, 1.807) is 24.0 Å². The van der Waals surface area contributed by atoms with E-state index < -0.39 is 6.04 Å². The Morgan fingerprint density at radius 2 is 1.60 bits per heavy atom. The fourth-order valence-corrected chi connectivity index (χ4v) is 3.72. The minimum Gasteiger partial charge on any atom is -0.354 e. The number of thioether (sulfide) groups is 1. The molecule has 2 amide bonds. The summed E-state index contributed by atoms with van der Waals surface area (Å²) in [6.45, 7) is 8.81. The fourth-order valence-electron chi connectivity index (χ4n) is 2.84. The average molecular weight is 431 g/mol. The smallest absolute Gasteiger partial charge is 0.242 e. The Balaban J connectivity index is 2.04. The van der Waals surface area contributed by atoms with Crippen LogP contribution in [0.25, 0.3) is 0 Å². The second kappa shape index (κ2) is 11.7. The van der Waals surface area contributed by atoms with Crippen molar-refractivity contribution in [3.63, 3.8) is 0 Å². The normalized spacial score (nSPS) is 11.9. The molecule has 0 aliphatic carbocycles. The molecule has 0 heterocycles. The average Bonchev–Trinajstić information content (AvgIpc) is 2.72. The van der Waals surface area contributed by atoms with Gasteiger partial charge in [0.1, 0.15) is 11.9 Å². The Morgan fingerprint density at radius 3 is 2.20 bits per heavy atom. The van der Waals surface area contributed by atoms with Crippen LogP contribution in [0.1, 0.15) is 37.5 Å². The number of nitrogens with zero attached hydrogens (tertiary/aromatic N) is 1. The molecule has 0 fully saturated rings. The van der Waals surface area contributed by atoms with Gasteiger partial charge in [0.2, 0.25) is 11.8 Å². The van der Waals surface area contributed by atoms with Crippen LogP contribution in [-0.2, 0) is 21.9 Å². The van der Waals surface area contributed by atoms with Crippen LogP contribution in [0, 0.1) is 18.7 Å². The van der Waals surface area contributed by atoms with Crippen LogP contribution in [0.4, 0.5) is 4.39 Å². The third-order valence-corrected chi connectivity index (χ3v) is 5.72. The van der Waals surface area contributed by atoms with Crippen LogP contribution >= 0.6 is 11.8 Å². The predicted molar refractivity (Wildman–Crippen MR) is 122 cm³/mol. The number of aryl methyl sites for hydroxylation is 1. The van der Waals surface area contributed by atoms with Gasteiger partial charge in [-0.25, -0.2) is 4.39 Å². The van der Waals surface area contributed by atoms with Gasteiger partial charge in [0, 0.05) is 18.8 Å². The lowest BCUT2D eigenvalue weighted by Gasteiger charge is -2.29. The van der Waals surface area contributed by atoms with E-state index in [4.69, 9.17) is 0 Å². The Kier molecular flexibility index (Phi) is 9.37. The number of rotatable bonds is 10. The van der Waals surface area contributed by atoms with E-state index in [0.29, 0.717) is 24.8 Å². The molecule has 0 saturated carbocycles. The van der Waals surface area contributed by atoms with Gasteiger partial charge < -0.3 is 10.2 Å². The number of nitrogens with one attached hydrogen (secondary N) is 1. The van der Waals surface area contributed by atoms with Crippen LogP contribution in [0.2, 0.25) is 0 Å². The summed E-state index contributed by atoms with van der Waals surface area (Å²) in [5.74, 6) is 0.699. The van der Waals surface area contributed by atoms with Gasteiger partial charge in [0.25, 0.3) is 0 Å². The summed E-state index contributed by atoms with van der Waals surface area (Å²) in [6, 6.07) is 13.7. The van der Waals surface area contributed by atoms with Crippen molar-refractivity contribution in [3.05, 3.63) is 71.0 Å². The molecule has 0 aromatic heterocycles. The van der Waals surface area contributed by atoms with Crippen molar-refractivity contribution in [1.82, 2.24) is 10.2 Å². The number of benzene rings is 2. The standard InChI is InChI=1S/C24H31FN2O2S/c1-17(2)13-26-24(29)19(4)27(14-20-7-5-18(3)6-8-20)23(28)16-30-15-21-9-11-22(25)12-10-21/h5-12,17,19H,13-16H2,1-4H3,(H,26,29). The zero-order chi connectivity index (χ0) is 22.1. The van der Waals surface area contributed by atoms with Crippen molar-refractivity contribution < 1.29 is 14.0 Å². The highest BCUT2D eigenvalue weighted by Gasteiger charge is 2.26. The van der Waals surface area contributed by atoms with E-state index in [1.807, 2.05) is 45.0 Å². The van der Waals surface area contributed by atoms with Crippen LogP contribution in [-0.4, -0.2) is 35.1 Å². The lowest BCUT2D eigenvalue weighted by Crippen LogP contribution is -2.48. The Labute approximate surface area is 183 Å². The van der Waals surface area contributed by atoms with Crippen molar-refractivity contribution in [1.29, 1.82) is 0 Å². The molecular formula is C24H31FN2O2S. The van der Waals surface area contributed by atoms with Crippen LogP contribution in [0.15, 0.2) is 48.5 Å². The zero-order valence-electron chi connectivity index (χ0n) is 18.2. The number of hydrogen-bond donors (Lipinski definition) is 1. The molecule has 162 valence electrons. The summed E-state index contributed by atoms with van der Waals surface area (Å²) < 4.78 is 13.0. The van der Waals surface area contributed by atoms with Gasteiger partial charge >= 0.3 is 0 Å². The second-order valence-electron chi connectivity index (χ2n) is 7.94. The first-order chi connectivity index (χ1) is 14.3. The molecule has 30 heavy (non-hydrogen) atoms. The summed E-state index contributed by atoms with van der Waals surface area (Å²) in [4.78, 5) is 27.3. The molecule has 6 heteroatoms. The molecule has 2 rings (SSSR count). The topological polar surface area (TPSA) is 49.4 Å². The maximum absolute atomic E-state index is 13.0. The zero-order valence-corrected chi connectivity index (χ0v) is 19.0. The van der Waals surface area contributed by atoms with E-state index in [2.05, 4.69) is 5.32 Å². The van der Waals surface area contributed by atoms with E-state index in [-0.39, 0.29) is 23.4 Å². The highest BCUT2D eigenvalue weighted by Crippen LogP contribution is 2.17. The summed E-state index contributed by atoms with van der Waals surface area (Å²) in [5.41, 5.74) is 3.09. The van der Waals surface area contributed by atoms with Crippen LogP contribution < -0.4 is 5.32 Å². The van der Waals surface area contributed by atoms with Gasteiger partial charge in [-0.15, -0.1) is 11.8 Å². The van der Waals surface area contributed by atoms with Gasteiger partial charge in [-0.2, -0.15) is 0 Å². The van der Waals surface area contributed by atoms with Crippen molar-refractivity contribution >= 4 is 23.6 Å². The van der Waals surface area contributed by atoms with Gasteiger partial charge in [0.15, 0.2) is 0 Å². The highest BCUT2D eigenvalue weighted by molar-refractivity contribution is 7.99. The first-order valence-corrected chi connectivity index (χ1v) is 11.4. The molecule has 0 saturated heterocycles. The lowest BCUT2D eigenvalue weighted by molar-refractivity contribution is -0.138. The molecule has 0 bridgehead atoms. The highest BCUT2D eigenvalue weighted by atomic mass is 32.2. The van der Waals surface area contributed by atoms with Gasteiger partial charge in [-0.1, -0.05) is 55.8 Å². The van der Waals surface area contributed by atoms with Gasteiger partial charge in [-0.05, 0) is 43.0 Å². The van der Waals surface area contributed by atoms with Crippen molar-refractivity contribution in [3.8, 4) is 0 Å². The van der Waals surface area contributed by atoms with Crippen LogP contribution in [0.3, 0.4) is 0 Å². The summed E-state index contributed by atoms with van der Waals surface area (Å²) in [5, 5.41) is 2.92. The first-order valence-electron chi connectivity index (χ1n) is 10.2. The predicted octanol–water partition coefficient (Wildman–Crippen LogP) is 4.56. The van der Waals surface area contributed by atoms with Crippen molar-refractivity contribution in [2.45, 2.75) is 46.0 Å². The number of carbonyl (C=O) groups is 2. The minimum absolute atomic E-state index is 0.0881. The second-order valence-corrected chi connectivity index (χ2v) is 8.93. The third-order valence-electron chi connectivity index (χ3n) is 4.73. The molecule has 2 aromatic carbocycles. The molecule has 0 aliphatic heterocycles. The Hall–Kier alpha value is -2.34. The fraction of sp³-hybridized carbons (Fsp3) is 0.417. The molecule has 4 nitrogen and oxygen atoms in total. The monoisotopic (exact) mass is 430 g/mol. The molecule has 1 unspecified atom stereocenters. The minimum atomic E-state index is -0.566. The number of hydrogen-bond acceptors (Lipinski definition) is 3. The molecular weight excluding hydrogens is 399 g/mol. The van der Waals surface area contributed by atoms with E-state index in [0.717, 1.165) is 16.7 Å². The largest absolute Gasteiger partial charge is 0.354 e. The maximum Gasteiger partial charge on any atom is 0.242 e. The van der Waals surface area contributed by atoms with Crippen molar-refractivity contribution in [2.24, 2.45) is 5.92 Å². The number of halogens is 1.